The van der Waals surface area contributed by atoms with E-state index in [0.29, 0.717) is 0 Å². The van der Waals surface area contributed by atoms with Crippen molar-refractivity contribution in [2.45, 2.75) is 0 Å². The van der Waals surface area contributed by atoms with Crippen LogP contribution in [0.2, 0.25) is 0 Å². The highest BCUT2D eigenvalue weighted by molar-refractivity contribution is 6.33. The van der Waals surface area contributed by atoms with Gasteiger partial charge in [0.15, 0.2) is 0 Å². The minimum atomic E-state index is -1.79. The van der Waals surface area contributed by atoms with E-state index >= 15 is 0 Å². The fraction of sp³-hybridized carbons (Fsp3) is 0.250. The molecule has 0 aliphatic rings. The van der Waals surface area contributed by atoms with E-state index in [1.54, 1.807) is 0 Å². The second-order valence-electron chi connectivity index (χ2n) is 1.45. The second-order valence-corrected chi connectivity index (χ2v) is 1.45. The number of carbonyl (C=O) groups excluding carboxylic acids is 1. The predicted octanol–water partition coefficient (Wildman–Crippen LogP) is -0.793. The number of hydrogen-bond donors (Lipinski definition) is 2. The van der Waals surface area contributed by atoms with Crippen LogP contribution in [0.4, 0.5) is 4.79 Å². The topological polar surface area (TPSA) is 94.9 Å². The maximum Gasteiger partial charge on any atom is 0.414 e. The zero-order valence-corrected chi connectivity index (χ0v) is 5.07. The first-order chi connectivity index (χ1) is 4.46. The molecule has 0 saturated carbocycles. The average molecular weight is 147 g/mol. The summed E-state index contributed by atoms with van der Waals surface area (Å²) >= 11 is 0. The van der Waals surface area contributed by atoms with Gasteiger partial charge in [-0.05, 0) is 0 Å². The zero-order chi connectivity index (χ0) is 8.31. The van der Waals surface area contributed by atoms with Crippen molar-refractivity contribution < 1.29 is 24.6 Å². The van der Waals surface area contributed by atoms with Gasteiger partial charge in [-0.15, -0.1) is 0 Å². The molecule has 2 N–H and O–H groups in total. The summed E-state index contributed by atoms with van der Waals surface area (Å²) in [4.78, 5) is 30.0. The van der Waals surface area contributed by atoms with Gasteiger partial charge in [-0.25, -0.2) is 14.5 Å². The maximum atomic E-state index is 10.2. The SMILES string of the molecule is CN(C(=O)O)C(=O)C(=O)O. The van der Waals surface area contributed by atoms with Crippen LogP contribution in [0.3, 0.4) is 0 Å². The van der Waals surface area contributed by atoms with E-state index in [-0.39, 0.29) is 4.90 Å². The van der Waals surface area contributed by atoms with Crippen molar-refractivity contribution in [3.05, 3.63) is 0 Å². The van der Waals surface area contributed by atoms with E-state index in [0.717, 1.165) is 7.05 Å². The third kappa shape index (κ3) is 1.73. The summed E-state index contributed by atoms with van der Waals surface area (Å²) < 4.78 is 0. The third-order valence-electron chi connectivity index (χ3n) is 0.775. The molecular formula is C4H5NO5. The monoisotopic (exact) mass is 147 g/mol. The van der Waals surface area contributed by atoms with Crippen molar-refractivity contribution in [2.24, 2.45) is 0 Å². The van der Waals surface area contributed by atoms with E-state index in [4.69, 9.17) is 10.2 Å². The number of carboxylic acids is 1. The molecule has 0 aromatic heterocycles. The standard InChI is InChI=1S/C4H5NO5/c1-5(4(9)10)2(6)3(7)8/h1H3,(H,7,8)(H,9,10). The van der Waals surface area contributed by atoms with Crippen LogP contribution in [0.25, 0.3) is 0 Å². The minimum absolute atomic E-state index is 0.0856. The summed E-state index contributed by atoms with van der Waals surface area (Å²) in [5, 5.41) is 16.0. The number of nitrogens with zero attached hydrogens (tertiary/aromatic N) is 1. The van der Waals surface area contributed by atoms with Crippen LogP contribution in [0.5, 0.6) is 0 Å². The first-order valence-electron chi connectivity index (χ1n) is 2.20. The fourth-order valence-electron chi connectivity index (χ4n) is 0.230. The Morgan fingerprint density at radius 1 is 1.20 bits per heavy atom. The van der Waals surface area contributed by atoms with Crippen LogP contribution in [0.15, 0.2) is 0 Å². The minimum Gasteiger partial charge on any atom is -0.474 e. The summed E-state index contributed by atoms with van der Waals surface area (Å²) in [7, 11) is 0.860. The highest BCUT2D eigenvalue weighted by Gasteiger charge is 2.21. The molecule has 0 saturated heterocycles. The molecule has 0 fully saturated rings. The molecule has 6 nitrogen and oxygen atoms in total. The van der Waals surface area contributed by atoms with Gasteiger partial charge in [-0.1, -0.05) is 0 Å². The van der Waals surface area contributed by atoms with Gasteiger partial charge in [0.25, 0.3) is 0 Å². The van der Waals surface area contributed by atoms with Gasteiger partial charge in [0.2, 0.25) is 0 Å². The van der Waals surface area contributed by atoms with Crippen molar-refractivity contribution in [2.75, 3.05) is 7.05 Å². The number of rotatable bonds is 0. The van der Waals surface area contributed by atoms with Crippen LogP contribution < -0.4 is 0 Å². The van der Waals surface area contributed by atoms with E-state index in [1.807, 2.05) is 0 Å². The van der Waals surface area contributed by atoms with Gasteiger partial charge in [0.1, 0.15) is 0 Å². The van der Waals surface area contributed by atoms with E-state index in [1.165, 1.54) is 0 Å². The van der Waals surface area contributed by atoms with Gasteiger partial charge >= 0.3 is 18.0 Å². The van der Waals surface area contributed by atoms with Crippen LogP contribution >= 0.6 is 0 Å². The van der Waals surface area contributed by atoms with E-state index < -0.39 is 18.0 Å². The van der Waals surface area contributed by atoms with Crippen molar-refractivity contribution in [1.82, 2.24) is 4.90 Å². The molecule has 6 heteroatoms. The molecule has 2 amide bonds. The number of imide groups is 1. The smallest absolute Gasteiger partial charge is 0.414 e. The third-order valence-corrected chi connectivity index (χ3v) is 0.775. The molecule has 0 spiro atoms. The lowest BCUT2D eigenvalue weighted by atomic mass is 10.6. The van der Waals surface area contributed by atoms with Gasteiger partial charge in [0.05, 0.1) is 0 Å². The van der Waals surface area contributed by atoms with Crippen LogP contribution in [0, 0.1) is 0 Å². The van der Waals surface area contributed by atoms with Crippen LogP contribution in [-0.4, -0.2) is 40.1 Å². The Bertz CT molecular complexity index is 186. The Labute approximate surface area is 55.7 Å². The number of amides is 2. The number of likely N-dealkylation sites (N-methyl/N-ethyl adjacent to an activating group) is 1. The first kappa shape index (κ1) is 8.41. The molecule has 0 rings (SSSR count). The van der Waals surface area contributed by atoms with Crippen LogP contribution in [-0.2, 0) is 9.59 Å². The molecule has 0 atom stereocenters. The summed E-state index contributed by atoms with van der Waals surface area (Å²) in [5.41, 5.74) is 0. The Morgan fingerprint density at radius 3 is 1.70 bits per heavy atom. The van der Waals surface area contributed by atoms with Crippen molar-refractivity contribution in [1.29, 1.82) is 0 Å². The number of carbonyl (C=O) groups is 3. The number of aliphatic carboxylic acids is 1. The lowest BCUT2D eigenvalue weighted by Gasteiger charge is -2.05. The highest BCUT2D eigenvalue weighted by Crippen LogP contribution is 1.84. The Morgan fingerprint density at radius 2 is 1.60 bits per heavy atom. The molecular weight excluding hydrogens is 142 g/mol. The van der Waals surface area contributed by atoms with E-state index in [2.05, 4.69) is 0 Å². The maximum absolute atomic E-state index is 10.2. The molecule has 56 valence electrons. The van der Waals surface area contributed by atoms with E-state index in [9.17, 15) is 14.4 Å². The summed E-state index contributed by atoms with van der Waals surface area (Å²) in [6.07, 6.45) is -1.59. The fourth-order valence-corrected chi connectivity index (χ4v) is 0.230. The largest absolute Gasteiger partial charge is 0.474 e. The molecule has 0 aromatic rings. The lowest BCUT2D eigenvalue weighted by Crippen LogP contribution is -2.36. The van der Waals surface area contributed by atoms with Gasteiger partial charge < -0.3 is 10.2 Å². The van der Waals surface area contributed by atoms with Gasteiger partial charge in [-0.3, -0.25) is 4.79 Å². The molecule has 0 aromatic carbocycles. The Kier molecular flexibility index (Phi) is 2.36. The summed E-state index contributed by atoms with van der Waals surface area (Å²) in [5.74, 6) is -3.25. The Hall–Kier alpha value is -1.59. The quantitative estimate of drug-likeness (QED) is 0.437. The predicted molar refractivity (Wildman–Crippen MR) is 28.4 cm³/mol. The summed E-state index contributed by atoms with van der Waals surface area (Å²) in [6.45, 7) is 0. The molecule has 0 radical (unpaired) electrons. The van der Waals surface area contributed by atoms with Gasteiger partial charge in [-0.2, -0.15) is 0 Å². The molecule has 0 aliphatic heterocycles. The van der Waals surface area contributed by atoms with Crippen LogP contribution in [0.1, 0.15) is 0 Å². The number of hydrogen-bond acceptors (Lipinski definition) is 3. The highest BCUT2D eigenvalue weighted by atomic mass is 16.4. The van der Waals surface area contributed by atoms with Gasteiger partial charge in [0, 0.05) is 7.05 Å². The lowest BCUT2D eigenvalue weighted by molar-refractivity contribution is -0.154. The average Bonchev–Trinajstić information content (AvgIpc) is 1.84. The number of carboxylic acid groups (broad SMARTS) is 2. The normalized spacial score (nSPS) is 8.50. The molecule has 0 bridgehead atoms. The first-order valence-corrected chi connectivity index (χ1v) is 2.20. The Balaban J connectivity index is 4.22. The molecule has 0 unspecified atom stereocenters. The second kappa shape index (κ2) is 2.81. The summed E-state index contributed by atoms with van der Waals surface area (Å²) in [6, 6.07) is 0. The van der Waals surface area contributed by atoms with Crippen molar-refractivity contribution >= 4 is 18.0 Å². The van der Waals surface area contributed by atoms with Crippen molar-refractivity contribution in [3.8, 4) is 0 Å². The molecule has 0 aliphatic carbocycles. The van der Waals surface area contributed by atoms with Crippen molar-refractivity contribution in [3.63, 3.8) is 0 Å². The molecule has 10 heavy (non-hydrogen) atoms. The zero-order valence-electron chi connectivity index (χ0n) is 5.07. The molecule has 0 heterocycles.